The molecule has 0 amide bonds. The van der Waals surface area contributed by atoms with Crippen LogP contribution in [0.3, 0.4) is 0 Å². The van der Waals surface area contributed by atoms with Crippen LogP contribution in [0.15, 0.2) is 12.1 Å². The van der Waals surface area contributed by atoms with E-state index < -0.39 is 33.5 Å². The second kappa shape index (κ2) is 6.16. The van der Waals surface area contributed by atoms with E-state index in [9.17, 15) is 24.0 Å². The summed E-state index contributed by atoms with van der Waals surface area (Å²) in [5.41, 5.74) is -2.27. The summed E-state index contributed by atoms with van der Waals surface area (Å²) in [5, 5.41) is 22.7. The molecular weight excluding hydrogens is 278 g/mol. The summed E-state index contributed by atoms with van der Waals surface area (Å²) in [6.45, 7) is 1.46. The highest BCUT2D eigenvalue weighted by Crippen LogP contribution is 2.25. The summed E-state index contributed by atoms with van der Waals surface area (Å²) >= 11 is 1.39. The number of thioether (sulfide) groups is 1. The predicted molar refractivity (Wildman–Crippen MR) is 70.5 cm³/mol. The van der Waals surface area contributed by atoms with Crippen molar-refractivity contribution in [2.24, 2.45) is 0 Å². The molecule has 0 aliphatic rings. The van der Waals surface area contributed by atoms with Gasteiger partial charge in [0.05, 0.1) is 22.7 Å². The van der Waals surface area contributed by atoms with Crippen LogP contribution in [0.5, 0.6) is 0 Å². The highest BCUT2D eigenvalue weighted by atomic mass is 32.2. The number of nitro groups is 1. The van der Waals surface area contributed by atoms with Crippen molar-refractivity contribution in [3.8, 4) is 0 Å². The zero-order valence-electron chi connectivity index (χ0n) is 10.4. The topological polar surface area (TPSA) is 75.4 Å². The van der Waals surface area contributed by atoms with E-state index in [-0.39, 0.29) is 6.54 Å². The fraction of sp³-hybridized carbons (Fsp3) is 0.455. The first kappa shape index (κ1) is 15.6. The van der Waals surface area contributed by atoms with Gasteiger partial charge in [0.2, 0.25) is 0 Å². The Bertz CT molecular complexity index is 460. The number of rotatable bonds is 6. The van der Waals surface area contributed by atoms with Gasteiger partial charge in [-0.05, 0) is 13.2 Å². The lowest BCUT2D eigenvalue weighted by molar-refractivity contribution is -0.385. The van der Waals surface area contributed by atoms with Gasteiger partial charge in [0, 0.05) is 12.3 Å². The number of nitrogens with zero attached hydrogens (tertiary/aromatic N) is 1. The minimum absolute atomic E-state index is 0.0699. The van der Waals surface area contributed by atoms with Crippen molar-refractivity contribution in [1.29, 1.82) is 0 Å². The summed E-state index contributed by atoms with van der Waals surface area (Å²) < 4.78 is 27.1. The summed E-state index contributed by atoms with van der Waals surface area (Å²) in [6.07, 6.45) is 1.79. The molecule has 0 saturated carbocycles. The zero-order chi connectivity index (χ0) is 14.6. The number of nitrogens with one attached hydrogen (secondary N) is 1. The van der Waals surface area contributed by atoms with E-state index in [0.29, 0.717) is 17.9 Å². The third-order valence-corrected chi connectivity index (χ3v) is 3.25. The molecule has 0 fully saturated rings. The van der Waals surface area contributed by atoms with Gasteiger partial charge < -0.3 is 10.4 Å². The van der Waals surface area contributed by atoms with Gasteiger partial charge in [-0.3, -0.25) is 10.1 Å². The van der Waals surface area contributed by atoms with Gasteiger partial charge in [0.25, 0.3) is 5.69 Å². The van der Waals surface area contributed by atoms with Gasteiger partial charge in [-0.15, -0.1) is 0 Å². The summed E-state index contributed by atoms with van der Waals surface area (Å²) in [7, 11) is 0. The van der Waals surface area contributed by atoms with E-state index in [1.54, 1.807) is 6.26 Å². The van der Waals surface area contributed by atoms with Crippen LogP contribution in [0.25, 0.3) is 0 Å². The molecule has 0 bridgehead atoms. The van der Waals surface area contributed by atoms with Gasteiger partial charge in [-0.1, -0.05) is 0 Å². The standard InChI is InChI=1S/C11H14F2N2O3S/c1-11(16,6-19-2)5-14-10-8(12)3-7(15(17)18)4-9(10)13/h3-4,14,16H,5-6H2,1-2H3. The van der Waals surface area contributed by atoms with E-state index in [2.05, 4.69) is 5.32 Å². The van der Waals surface area contributed by atoms with Gasteiger partial charge in [-0.25, -0.2) is 8.78 Å². The van der Waals surface area contributed by atoms with Gasteiger partial charge in [0.15, 0.2) is 11.6 Å². The number of aliphatic hydroxyl groups is 1. The molecule has 5 nitrogen and oxygen atoms in total. The van der Waals surface area contributed by atoms with E-state index in [1.165, 1.54) is 18.7 Å². The summed E-state index contributed by atoms with van der Waals surface area (Å²) in [6, 6.07) is 1.27. The lowest BCUT2D eigenvalue weighted by Gasteiger charge is -2.23. The van der Waals surface area contributed by atoms with Crippen molar-refractivity contribution in [1.82, 2.24) is 0 Å². The molecule has 0 aromatic heterocycles. The van der Waals surface area contributed by atoms with E-state index in [0.717, 1.165) is 0 Å². The van der Waals surface area contributed by atoms with Crippen LogP contribution >= 0.6 is 11.8 Å². The van der Waals surface area contributed by atoms with Gasteiger partial charge >= 0.3 is 0 Å². The first-order chi connectivity index (χ1) is 8.76. The molecule has 1 aromatic rings. The van der Waals surface area contributed by atoms with Crippen LogP contribution in [0.1, 0.15) is 6.92 Å². The lowest BCUT2D eigenvalue weighted by Crippen LogP contribution is -2.36. The van der Waals surface area contributed by atoms with Crippen LogP contribution in [0, 0.1) is 21.7 Å². The maximum atomic E-state index is 13.5. The molecule has 2 N–H and O–H groups in total. The fourth-order valence-corrected chi connectivity index (χ4v) is 2.20. The largest absolute Gasteiger partial charge is 0.387 e. The molecule has 1 aromatic carbocycles. The number of non-ortho nitro benzene ring substituents is 1. The molecule has 19 heavy (non-hydrogen) atoms. The molecule has 0 saturated heterocycles. The lowest BCUT2D eigenvalue weighted by atomic mass is 10.1. The second-order valence-electron chi connectivity index (χ2n) is 4.33. The van der Waals surface area contributed by atoms with Crippen molar-refractivity contribution in [3.63, 3.8) is 0 Å². The minimum atomic E-state index is -1.14. The van der Waals surface area contributed by atoms with Gasteiger partial charge in [0.1, 0.15) is 5.69 Å². The quantitative estimate of drug-likeness (QED) is 0.622. The third-order valence-electron chi connectivity index (χ3n) is 2.34. The van der Waals surface area contributed by atoms with Crippen LogP contribution < -0.4 is 5.32 Å². The average Bonchev–Trinajstić information content (AvgIpc) is 2.27. The van der Waals surface area contributed by atoms with Crippen LogP contribution in [-0.4, -0.2) is 34.2 Å². The number of anilines is 1. The first-order valence-corrected chi connectivity index (χ1v) is 6.75. The molecule has 0 radical (unpaired) electrons. The molecule has 1 atom stereocenters. The Morgan fingerprint density at radius 2 is 2.00 bits per heavy atom. The Morgan fingerprint density at radius 1 is 1.47 bits per heavy atom. The van der Waals surface area contributed by atoms with Crippen LogP contribution in [0.4, 0.5) is 20.2 Å². The molecule has 0 aliphatic heterocycles. The average molecular weight is 292 g/mol. The number of hydrogen-bond acceptors (Lipinski definition) is 5. The van der Waals surface area contributed by atoms with Crippen LogP contribution in [-0.2, 0) is 0 Å². The Morgan fingerprint density at radius 3 is 2.42 bits per heavy atom. The predicted octanol–water partition coefficient (Wildman–Crippen LogP) is 2.40. The molecule has 106 valence electrons. The Labute approximate surface area is 113 Å². The third kappa shape index (κ3) is 4.32. The van der Waals surface area contributed by atoms with Crippen molar-refractivity contribution >= 4 is 23.1 Å². The summed E-state index contributed by atoms with van der Waals surface area (Å²) in [5.74, 6) is -1.74. The molecule has 0 heterocycles. The Kier molecular flexibility index (Phi) is 5.07. The Hall–Kier alpha value is -1.41. The maximum absolute atomic E-state index is 13.5. The smallest absolute Gasteiger partial charge is 0.275 e. The molecule has 0 aliphatic carbocycles. The number of nitro benzene ring substituents is 1. The second-order valence-corrected chi connectivity index (χ2v) is 5.19. The fourth-order valence-electron chi connectivity index (χ4n) is 1.47. The van der Waals surface area contributed by atoms with E-state index >= 15 is 0 Å². The molecule has 0 spiro atoms. The SMILES string of the molecule is CSCC(C)(O)CNc1c(F)cc([N+](=O)[O-])cc1F. The molecular formula is C11H14F2N2O3S. The summed E-state index contributed by atoms with van der Waals surface area (Å²) in [4.78, 5) is 9.55. The van der Waals surface area contributed by atoms with Gasteiger partial charge in [-0.2, -0.15) is 11.8 Å². The minimum Gasteiger partial charge on any atom is -0.387 e. The first-order valence-electron chi connectivity index (χ1n) is 5.35. The highest BCUT2D eigenvalue weighted by Gasteiger charge is 2.22. The molecule has 8 heteroatoms. The number of halogens is 2. The molecule has 1 unspecified atom stereocenters. The Balaban J connectivity index is 2.88. The normalized spacial score (nSPS) is 13.9. The number of benzene rings is 1. The van der Waals surface area contributed by atoms with Crippen molar-refractivity contribution < 1.29 is 18.8 Å². The van der Waals surface area contributed by atoms with Crippen molar-refractivity contribution in [2.75, 3.05) is 23.9 Å². The number of hydrogen-bond donors (Lipinski definition) is 2. The highest BCUT2D eigenvalue weighted by molar-refractivity contribution is 7.98. The van der Waals surface area contributed by atoms with Crippen molar-refractivity contribution in [2.45, 2.75) is 12.5 Å². The zero-order valence-corrected chi connectivity index (χ0v) is 11.3. The maximum Gasteiger partial charge on any atom is 0.275 e. The van der Waals surface area contributed by atoms with E-state index in [1.807, 2.05) is 0 Å². The van der Waals surface area contributed by atoms with Crippen LogP contribution in [0.2, 0.25) is 0 Å². The molecule has 1 rings (SSSR count). The van der Waals surface area contributed by atoms with E-state index in [4.69, 9.17) is 0 Å². The van der Waals surface area contributed by atoms with Crippen molar-refractivity contribution in [3.05, 3.63) is 33.9 Å². The monoisotopic (exact) mass is 292 g/mol.